The van der Waals surface area contributed by atoms with Crippen molar-refractivity contribution in [1.82, 2.24) is 4.90 Å². The summed E-state index contributed by atoms with van der Waals surface area (Å²) in [6.07, 6.45) is 1.77. The number of hydrogen-bond acceptors (Lipinski definition) is 2. The Bertz CT molecular complexity index is 123. The lowest BCUT2D eigenvalue weighted by atomic mass is 9.99. The molecule has 0 saturated carbocycles. The van der Waals surface area contributed by atoms with E-state index in [2.05, 4.69) is 32.7 Å². The number of nitrogens with zero attached hydrogens (tertiary/aromatic N) is 1. The van der Waals surface area contributed by atoms with E-state index in [1.807, 2.05) is 6.92 Å². The first kappa shape index (κ1) is 11.9. The predicted octanol–water partition coefficient (Wildman–Crippen LogP) is 1.88. The Kier molecular flexibility index (Phi) is 4.80. The van der Waals surface area contributed by atoms with Crippen molar-refractivity contribution in [3.63, 3.8) is 0 Å². The van der Waals surface area contributed by atoms with Crippen molar-refractivity contribution < 1.29 is 5.11 Å². The van der Waals surface area contributed by atoms with Crippen molar-refractivity contribution in [1.29, 1.82) is 0 Å². The summed E-state index contributed by atoms with van der Waals surface area (Å²) in [5, 5.41) is 9.45. The monoisotopic (exact) mass is 173 g/mol. The molecule has 1 N–H and O–H groups in total. The van der Waals surface area contributed by atoms with E-state index in [1.54, 1.807) is 0 Å². The fraction of sp³-hybridized carbons (Fsp3) is 1.00. The van der Waals surface area contributed by atoms with Gasteiger partial charge in [0.05, 0.1) is 6.10 Å². The molecule has 0 spiro atoms. The summed E-state index contributed by atoms with van der Waals surface area (Å²) in [5.41, 5.74) is 0.205. The van der Waals surface area contributed by atoms with Gasteiger partial charge < -0.3 is 5.11 Å². The Morgan fingerprint density at radius 1 is 1.33 bits per heavy atom. The molecule has 0 aromatic rings. The average molecular weight is 173 g/mol. The fourth-order valence-electron chi connectivity index (χ4n) is 0.962. The van der Waals surface area contributed by atoms with Gasteiger partial charge in [0.25, 0.3) is 0 Å². The molecule has 74 valence electrons. The maximum Gasteiger partial charge on any atom is 0.0664 e. The first-order valence-electron chi connectivity index (χ1n) is 4.83. The molecule has 0 saturated heterocycles. The van der Waals surface area contributed by atoms with Crippen LogP contribution in [0.15, 0.2) is 0 Å². The van der Waals surface area contributed by atoms with Crippen LogP contribution in [-0.4, -0.2) is 35.2 Å². The second-order valence-corrected chi connectivity index (χ2v) is 4.11. The molecule has 2 nitrogen and oxygen atoms in total. The lowest BCUT2D eigenvalue weighted by Gasteiger charge is -2.35. The second kappa shape index (κ2) is 4.83. The van der Waals surface area contributed by atoms with Gasteiger partial charge in [0, 0.05) is 12.1 Å². The standard InChI is InChI=1S/C10H23NO/c1-6-9(12)8-11(5)10(3,4)7-2/h9,12H,6-8H2,1-5H3/t9-/m1/s1. The molecule has 0 bridgehead atoms. The Labute approximate surface area is 76.6 Å². The van der Waals surface area contributed by atoms with Gasteiger partial charge in [0.2, 0.25) is 0 Å². The summed E-state index contributed by atoms with van der Waals surface area (Å²) in [6.45, 7) is 9.37. The Morgan fingerprint density at radius 3 is 2.17 bits per heavy atom. The van der Waals surface area contributed by atoms with Crippen LogP contribution in [0.1, 0.15) is 40.5 Å². The highest BCUT2D eigenvalue weighted by Crippen LogP contribution is 2.16. The smallest absolute Gasteiger partial charge is 0.0664 e. The maximum atomic E-state index is 9.45. The summed E-state index contributed by atoms with van der Waals surface area (Å²) in [7, 11) is 2.07. The highest BCUT2D eigenvalue weighted by atomic mass is 16.3. The molecule has 0 rings (SSSR count). The SMILES string of the molecule is CC[C@@H](O)CN(C)C(C)(C)CC. The molecule has 0 aromatic heterocycles. The van der Waals surface area contributed by atoms with Gasteiger partial charge >= 0.3 is 0 Å². The quantitative estimate of drug-likeness (QED) is 0.686. The van der Waals surface area contributed by atoms with Gasteiger partial charge in [-0.25, -0.2) is 0 Å². The lowest BCUT2D eigenvalue weighted by Crippen LogP contribution is -2.44. The van der Waals surface area contributed by atoms with E-state index < -0.39 is 0 Å². The molecule has 1 atom stereocenters. The first-order chi connectivity index (χ1) is 5.44. The minimum absolute atomic E-state index is 0.180. The van der Waals surface area contributed by atoms with Crippen LogP contribution >= 0.6 is 0 Å². The molecule has 12 heavy (non-hydrogen) atoms. The van der Waals surface area contributed by atoms with Crippen LogP contribution in [0.3, 0.4) is 0 Å². The van der Waals surface area contributed by atoms with Gasteiger partial charge in [-0.05, 0) is 33.7 Å². The van der Waals surface area contributed by atoms with E-state index in [4.69, 9.17) is 0 Å². The van der Waals surface area contributed by atoms with Crippen LogP contribution in [0, 0.1) is 0 Å². The molecular formula is C10H23NO. The molecule has 0 heterocycles. The first-order valence-corrected chi connectivity index (χ1v) is 4.83. The summed E-state index contributed by atoms with van der Waals surface area (Å²) in [4.78, 5) is 2.22. The third-order valence-corrected chi connectivity index (χ3v) is 2.85. The highest BCUT2D eigenvalue weighted by molar-refractivity contribution is 4.78. The maximum absolute atomic E-state index is 9.45. The minimum Gasteiger partial charge on any atom is -0.392 e. The zero-order chi connectivity index (χ0) is 9.78. The van der Waals surface area contributed by atoms with Crippen molar-refractivity contribution in [2.45, 2.75) is 52.2 Å². The normalized spacial score (nSPS) is 15.2. The molecule has 0 aliphatic rings. The number of aliphatic hydroxyl groups is 1. The van der Waals surface area contributed by atoms with Gasteiger partial charge in [-0.3, -0.25) is 4.90 Å². The van der Waals surface area contributed by atoms with Gasteiger partial charge in [0.15, 0.2) is 0 Å². The van der Waals surface area contributed by atoms with E-state index in [9.17, 15) is 5.11 Å². The van der Waals surface area contributed by atoms with E-state index in [-0.39, 0.29) is 11.6 Å². The van der Waals surface area contributed by atoms with Crippen molar-refractivity contribution in [3.8, 4) is 0 Å². The predicted molar refractivity (Wildman–Crippen MR) is 53.3 cm³/mol. The summed E-state index contributed by atoms with van der Waals surface area (Å²) in [6, 6.07) is 0. The number of rotatable bonds is 5. The molecule has 2 heteroatoms. The highest BCUT2D eigenvalue weighted by Gasteiger charge is 2.22. The molecule has 0 amide bonds. The van der Waals surface area contributed by atoms with Gasteiger partial charge in [-0.15, -0.1) is 0 Å². The molecule has 0 fully saturated rings. The van der Waals surface area contributed by atoms with Crippen molar-refractivity contribution in [2.75, 3.05) is 13.6 Å². The molecular weight excluding hydrogens is 150 g/mol. The third-order valence-electron chi connectivity index (χ3n) is 2.85. The van der Waals surface area contributed by atoms with Crippen molar-refractivity contribution >= 4 is 0 Å². The Balaban J connectivity index is 3.93. The minimum atomic E-state index is -0.180. The zero-order valence-electron chi connectivity index (χ0n) is 9.09. The van der Waals surface area contributed by atoms with Crippen molar-refractivity contribution in [2.24, 2.45) is 0 Å². The van der Waals surface area contributed by atoms with Gasteiger partial charge in [-0.2, -0.15) is 0 Å². The van der Waals surface area contributed by atoms with E-state index in [0.717, 1.165) is 19.4 Å². The number of β-amino-alcohol motifs (C(OH)–C–C–N with tert-alkyl or cyclic N) is 1. The Morgan fingerprint density at radius 2 is 1.83 bits per heavy atom. The lowest BCUT2D eigenvalue weighted by molar-refractivity contribution is 0.0670. The molecule has 0 unspecified atom stereocenters. The van der Waals surface area contributed by atoms with Gasteiger partial charge in [-0.1, -0.05) is 13.8 Å². The fourth-order valence-corrected chi connectivity index (χ4v) is 0.962. The van der Waals surface area contributed by atoms with Crippen LogP contribution < -0.4 is 0 Å². The average Bonchev–Trinajstić information content (AvgIpc) is 2.04. The van der Waals surface area contributed by atoms with Crippen molar-refractivity contribution in [3.05, 3.63) is 0 Å². The summed E-state index contributed by atoms with van der Waals surface area (Å²) in [5.74, 6) is 0. The van der Waals surface area contributed by atoms with Crippen LogP contribution in [0.25, 0.3) is 0 Å². The second-order valence-electron chi connectivity index (χ2n) is 4.11. The third kappa shape index (κ3) is 3.55. The van der Waals surface area contributed by atoms with Crippen LogP contribution in [0.5, 0.6) is 0 Å². The number of hydrogen-bond donors (Lipinski definition) is 1. The van der Waals surface area contributed by atoms with Crippen LogP contribution in [0.4, 0.5) is 0 Å². The summed E-state index contributed by atoms with van der Waals surface area (Å²) >= 11 is 0. The van der Waals surface area contributed by atoms with Crippen LogP contribution in [-0.2, 0) is 0 Å². The molecule has 0 aliphatic carbocycles. The van der Waals surface area contributed by atoms with Gasteiger partial charge in [0.1, 0.15) is 0 Å². The van der Waals surface area contributed by atoms with E-state index in [0.29, 0.717) is 0 Å². The molecule has 0 aromatic carbocycles. The number of aliphatic hydroxyl groups excluding tert-OH is 1. The Hall–Kier alpha value is -0.0800. The topological polar surface area (TPSA) is 23.5 Å². The molecule has 0 radical (unpaired) electrons. The molecule has 0 aliphatic heterocycles. The number of likely N-dealkylation sites (N-methyl/N-ethyl adjacent to an activating group) is 1. The summed E-state index contributed by atoms with van der Waals surface area (Å²) < 4.78 is 0. The largest absolute Gasteiger partial charge is 0.392 e. The van der Waals surface area contributed by atoms with E-state index >= 15 is 0 Å². The van der Waals surface area contributed by atoms with E-state index in [1.165, 1.54) is 0 Å². The zero-order valence-corrected chi connectivity index (χ0v) is 9.09. The van der Waals surface area contributed by atoms with Crippen LogP contribution in [0.2, 0.25) is 0 Å².